The van der Waals surface area contributed by atoms with Crippen molar-refractivity contribution >= 4 is 17.7 Å². The summed E-state index contributed by atoms with van der Waals surface area (Å²) in [4.78, 5) is 16.9. The highest BCUT2D eigenvalue weighted by Gasteiger charge is 2.15. The number of nitrogens with one attached hydrogen (secondary N) is 1. The van der Waals surface area contributed by atoms with Gasteiger partial charge in [-0.3, -0.25) is 4.79 Å². The molecule has 3 rings (SSSR count). The van der Waals surface area contributed by atoms with Crippen molar-refractivity contribution in [3.05, 3.63) is 65.5 Å². The monoisotopic (exact) mass is 426 g/mol. The van der Waals surface area contributed by atoms with Crippen molar-refractivity contribution in [2.24, 2.45) is 0 Å². The van der Waals surface area contributed by atoms with Crippen LogP contribution in [0, 0.1) is 6.92 Å². The van der Waals surface area contributed by atoms with Crippen LogP contribution in [-0.4, -0.2) is 30.9 Å². The molecule has 3 aromatic rings. The van der Waals surface area contributed by atoms with E-state index in [-0.39, 0.29) is 11.9 Å². The fraction of sp³-hybridized carbons (Fsp3) is 0.304. The Morgan fingerprint density at radius 3 is 2.57 bits per heavy atom. The van der Waals surface area contributed by atoms with Crippen LogP contribution in [0.25, 0.3) is 11.5 Å². The molecule has 0 aliphatic heterocycles. The van der Waals surface area contributed by atoms with Crippen LogP contribution in [0.3, 0.4) is 0 Å². The lowest BCUT2D eigenvalue weighted by Gasteiger charge is -2.13. The van der Waals surface area contributed by atoms with Crippen molar-refractivity contribution in [1.29, 1.82) is 0 Å². The Labute approximate surface area is 181 Å². The molecule has 1 unspecified atom stereocenters. The van der Waals surface area contributed by atoms with Crippen LogP contribution in [0.15, 0.2) is 52.9 Å². The molecule has 1 N–H and O–H groups in total. The molecule has 0 saturated carbocycles. The van der Waals surface area contributed by atoms with Gasteiger partial charge in [0.2, 0.25) is 11.8 Å². The summed E-state index contributed by atoms with van der Waals surface area (Å²) in [6.45, 7) is 3.86. The van der Waals surface area contributed by atoms with E-state index in [1.807, 2.05) is 62.4 Å². The first kappa shape index (κ1) is 21.8. The molecule has 1 heterocycles. The smallest absolute Gasteiger partial charge is 0.230 e. The molecule has 1 atom stereocenters. The zero-order valence-corrected chi connectivity index (χ0v) is 18.4. The summed E-state index contributed by atoms with van der Waals surface area (Å²) in [5.41, 5.74) is 2.72. The molecule has 1 aromatic heterocycles. The van der Waals surface area contributed by atoms with Crippen molar-refractivity contribution in [3.8, 4) is 23.0 Å². The molecule has 0 fully saturated rings. The van der Waals surface area contributed by atoms with Crippen molar-refractivity contribution in [2.75, 3.05) is 20.0 Å². The summed E-state index contributed by atoms with van der Waals surface area (Å²) in [6, 6.07) is 15.4. The second-order valence-electron chi connectivity index (χ2n) is 6.78. The van der Waals surface area contributed by atoms with Gasteiger partial charge in [-0.15, -0.1) is 11.8 Å². The molecule has 0 aliphatic carbocycles. The number of hydrogen-bond acceptors (Lipinski definition) is 6. The summed E-state index contributed by atoms with van der Waals surface area (Å²) in [6.07, 6.45) is 0. The largest absolute Gasteiger partial charge is 0.493 e. The summed E-state index contributed by atoms with van der Waals surface area (Å²) in [5, 5.41) is 3.02. The maximum absolute atomic E-state index is 12.3. The van der Waals surface area contributed by atoms with Crippen LogP contribution in [0.1, 0.15) is 30.0 Å². The lowest BCUT2D eigenvalue weighted by Crippen LogP contribution is -2.28. The van der Waals surface area contributed by atoms with Gasteiger partial charge in [0.1, 0.15) is 5.76 Å². The lowest BCUT2D eigenvalue weighted by atomic mass is 10.1. The van der Waals surface area contributed by atoms with Gasteiger partial charge in [0.15, 0.2) is 11.5 Å². The highest BCUT2D eigenvalue weighted by molar-refractivity contribution is 7.99. The number of carbonyl (C=O) groups is 1. The SMILES string of the molecule is COc1ccc(-c2nc(CSCC(=O)NC(C)c3ccccc3)c(C)o2)cc1OC. The minimum Gasteiger partial charge on any atom is -0.493 e. The molecule has 7 heteroatoms. The van der Waals surface area contributed by atoms with Crippen LogP contribution in [0.2, 0.25) is 0 Å². The maximum atomic E-state index is 12.3. The number of thioether (sulfide) groups is 1. The van der Waals surface area contributed by atoms with Crippen LogP contribution in [0.5, 0.6) is 11.5 Å². The number of hydrogen-bond donors (Lipinski definition) is 1. The van der Waals surface area contributed by atoms with E-state index in [4.69, 9.17) is 13.9 Å². The molecular formula is C23H26N2O4S. The Hall–Kier alpha value is -2.93. The van der Waals surface area contributed by atoms with E-state index in [0.717, 1.165) is 22.6 Å². The minimum atomic E-state index is -0.0234. The van der Waals surface area contributed by atoms with Crippen molar-refractivity contribution in [1.82, 2.24) is 10.3 Å². The van der Waals surface area contributed by atoms with E-state index in [2.05, 4.69) is 10.3 Å². The zero-order chi connectivity index (χ0) is 21.5. The van der Waals surface area contributed by atoms with Crippen LogP contribution < -0.4 is 14.8 Å². The van der Waals surface area contributed by atoms with Gasteiger partial charge in [-0.05, 0) is 37.6 Å². The molecule has 0 saturated heterocycles. The number of oxazole rings is 1. The normalized spacial score (nSPS) is 11.7. The average Bonchev–Trinajstić information content (AvgIpc) is 3.14. The first-order valence-electron chi connectivity index (χ1n) is 9.62. The van der Waals surface area contributed by atoms with Gasteiger partial charge in [0, 0.05) is 11.3 Å². The third kappa shape index (κ3) is 5.36. The first-order chi connectivity index (χ1) is 14.5. The Kier molecular flexibility index (Phi) is 7.41. The van der Waals surface area contributed by atoms with E-state index >= 15 is 0 Å². The molecule has 1 amide bonds. The average molecular weight is 427 g/mol. The molecule has 6 nitrogen and oxygen atoms in total. The van der Waals surface area contributed by atoms with Crippen LogP contribution >= 0.6 is 11.8 Å². The quantitative estimate of drug-likeness (QED) is 0.531. The predicted octanol–water partition coefficient (Wildman–Crippen LogP) is 4.78. The number of methoxy groups -OCH3 is 2. The topological polar surface area (TPSA) is 73.6 Å². The fourth-order valence-corrected chi connectivity index (χ4v) is 3.84. The molecule has 158 valence electrons. The third-order valence-corrected chi connectivity index (χ3v) is 5.62. The number of amides is 1. The molecule has 2 aromatic carbocycles. The highest BCUT2D eigenvalue weighted by atomic mass is 32.2. The van der Waals surface area contributed by atoms with Crippen molar-refractivity contribution in [2.45, 2.75) is 25.6 Å². The molecule has 0 bridgehead atoms. The zero-order valence-electron chi connectivity index (χ0n) is 17.6. The van der Waals surface area contributed by atoms with Crippen molar-refractivity contribution in [3.63, 3.8) is 0 Å². The summed E-state index contributed by atoms with van der Waals surface area (Å²) in [5.74, 6) is 3.47. The Balaban J connectivity index is 1.57. The van der Waals surface area contributed by atoms with Gasteiger partial charge in [-0.25, -0.2) is 4.98 Å². The summed E-state index contributed by atoms with van der Waals surface area (Å²) in [7, 11) is 3.19. The molecule has 0 aliphatic rings. The number of ether oxygens (including phenoxy) is 2. The van der Waals surface area contributed by atoms with Gasteiger partial charge < -0.3 is 19.2 Å². The van der Waals surface area contributed by atoms with E-state index in [1.54, 1.807) is 14.2 Å². The number of aryl methyl sites for hydroxylation is 1. The lowest BCUT2D eigenvalue weighted by molar-refractivity contribution is -0.119. The Morgan fingerprint density at radius 2 is 1.87 bits per heavy atom. The third-order valence-electron chi connectivity index (χ3n) is 4.67. The summed E-state index contributed by atoms with van der Waals surface area (Å²) < 4.78 is 16.4. The van der Waals surface area contributed by atoms with Gasteiger partial charge in [-0.2, -0.15) is 0 Å². The molecular weight excluding hydrogens is 400 g/mol. The van der Waals surface area contributed by atoms with Gasteiger partial charge in [0.25, 0.3) is 0 Å². The van der Waals surface area contributed by atoms with E-state index in [9.17, 15) is 4.79 Å². The van der Waals surface area contributed by atoms with E-state index < -0.39 is 0 Å². The molecule has 0 spiro atoms. The number of rotatable bonds is 9. The second kappa shape index (κ2) is 10.2. The number of benzene rings is 2. The fourth-order valence-electron chi connectivity index (χ4n) is 3.00. The van der Waals surface area contributed by atoms with E-state index in [0.29, 0.717) is 28.9 Å². The Bertz CT molecular complexity index is 988. The predicted molar refractivity (Wildman–Crippen MR) is 119 cm³/mol. The van der Waals surface area contributed by atoms with Crippen molar-refractivity contribution < 1.29 is 18.7 Å². The standard InChI is InChI=1S/C23H26N2O4S/c1-15(17-8-6-5-7-9-17)24-22(26)14-30-13-19-16(2)29-23(25-19)18-10-11-20(27-3)21(12-18)28-4/h5-12,15H,13-14H2,1-4H3,(H,24,26). The molecule has 0 radical (unpaired) electrons. The van der Waals surface area contributed by atoms with Gasteiger partial charge >= 0.3 is 0 Å². The minimum absolute atomic E-state index is 0.00221. The van der Waals surface area contributed by atoms with E-state index in [1.165, 1.54) is 11.8 Å². The van der Waals surface area contributed by atoms with Gasteiger partial charge in [0.05, 0.1) is 31.7 Å². The number of aromatic nitrogens is 1. The second-order valence-corrected chi connectivity index (χ2v) is 7.77. The number of carbonyl (C=O) groups excluding carboxylic acids is 1. The number of nitrogens with zero attached hydrogens (tertiary/aromatic N) is 1. The van der Waals surface area contributed by atoms with Crippen LogP contribution in [-0.2, 0) is 10.5 Å². The maximum Gasteiger partial charge on any atom is 0.230 e. The highest BCUT2D eigenvalue weighted by Crippen LogP contribution is 2.33. The Morgan fingerprint density at radius 1 is 1.13 bits per heavy atom. The molecule has 30 heavy (non-hydrogen) atoms. The first-order valence-corrected chi connectivity index (χ1v) is 10.8. The van der Waals surface area contributed by atoms with Crippen LogP contribution in [0.4, 0.5) is 0 Å². The summed E-state index contributed by atoms with van der Waals surface area (Å²) >= 11 is 1.51. The van der Waals surface area contributed by atoms with Gasteiger partial charge in [-0.1, -0.05) is 30.3 Å².